The minimum absolute atomic E-state index is 0.282. The maximum absolute atomic E-state index is 10.9. The average molecular weight is 378 g/mol. The van der Waals surface area contributed by atoms with E-state index in [1.807, 2.05) is 84.9 Å². The maximum Gasteiger partial charge on any atom is 0.118 e. The van der Waals surface area contributed by atoms with E-state index in [9.17, 15) is 10.2 Å². The molecule has 0 radical (unpaired) electrons. The first kappa shape index (κ1) is 20.1. The first-order chi connectivity index (χ1) is 13.7. The molecular formula is C24H26O4. The van der Waals surface area contributed by atoms with E-state index < -0.39 is 18.3 Å². The zero-order chi connectivity index (χ0) is 19.8. The van der Waals surface area contributed by atoms with Crippen molar-refractivity contribution in [3.63, 3.8) is 0 Å². The molecule has 0 saturated heterocycles. The Kier molecular flexibility index (Phi) is 7.20. The summed E-state index contributed by atoms with van der Waals surface area (Å²) >= 11 is 0. The summed E-state index contributed by atoms with van der Waals surface area (Å²) in [6.45, 7) is 0.282. The van der Waals surface area contributed by atoms with Crippen molar-refractivity contribution in [3.05, 3.63) is 102 Å². The zero-order valence-electron chi connectivity index (χ0n) is 15.9. The van der Waals surface area contributed by atoms with Gasteiger partial charge in [-0.1, -0.05) is 72.8 Å². The van der Waals surface area contributed by atoms with Gasteiger partial charge in [0.25, 0.3) is 0 Å². The molecule has 3 rings (SSSR count). The number of aliphatic hydroxyl groups is 2. The molecule has 0 bridgehead atoms. The predicted octanol–water partition coefficient (Wildman–Crippen LogP) is 3.92. The molecule has 0 aromatic heterocycles. The third-order valence-corrected chi connectivity index (χ3v) is 4.72. The van der Waals surface area contributed by atoms with Gasteiger partial charge in [-0.15, -0.1) is 0 Å². The van der Waals surface area contributed by atoms with Crippen molar-refractivity contribution in [1.29, 1.82) is 0 Å². The SMILES string of the molecule is COc1ccc(CO[C@@H](C(O)c2ccccc2)[C@@H](O)Cc2ccccc2)cc1. The van der Waals surface area contributed by atoms with E-state index in [1.54, 1.807) is 7.11 Å². The summed E-state index contributed by atoms with van der Waals surface area (Å²) in [5, 5.41) is 21.7. The lowest BCUT2D eigenvalue weighted by atomic mass is 9.96. The number of hydrogen-bond donors (Lipinski definition) is 2. The molecule has 0 saturated carbocycles. The highest BCUT2D eigenvalue weighted by molar-refractivity contribution is 5.27. The highest BCUT2D eigenvalue weighted by atomic mass is 16.5. The number of aliphatic hydroxyl groups excluding tert-OH is 2. The molecule has 4 nitrogen and oxygen atoms in total. The van der Waals surface area contributed by atoms with Gasteiger partial charge in [-0.25, -0.2) is 0 Å². The van der Waals surface area contributed by atoms with Crippen molar-refractivity contribution in [1.82, 2.24) is 0 Å². The standard InChI is InChI=1S/C24H26O4/c1-27-21-14-12-19(13-15-21)17-28-24(23(26)20-10-6-3-7-11-20)22(25)16-18-8-4-2-5-9-18/h2-15,22-26H,16-17H2,1H3/t22-,23?,24+/m0/s1. The fourth-order valence-corrected chi connectivity index (χ4v) is 3.14. The Morgan fingerprint density at radius 3 is 1.96 bits per heavy atom. The Hall–Kier alpha value is -2.66. The van der Waals surface area contributed by atoms with Gasteiger partial charge in [0, 0.05) is 6.42 Å². The minimum atomic E-state index is -0.932. The van der Waals surface area contributed by atoms with Crippen LogP contribution in [-0.2, 0) is 17.8 Å². The molecule has 0 heterocycles. The molecule has 2 N–H and O–H groups in total. The molecule has 3 aromatic rings. The molecule has 0 amide bonds. The molecular weight excluding hydrogens is 352 g/mol. The lowest BCUT2D eigenvalue weighted by Crippen LogP contribution is -2.36. The van der Waals surface area contributed by atoms with E-state index >= 15 is 0 Å². The monoisotopic (exact) mass is 378 g/mol. The van der Waals surface area contributed by atoms with E-state index in [0.29, 0.717) is 12.0 Å². The number of ether oxygens (including phenoxy) is 2. The summed E-state index contributed by atoms with van der Waals surface area (Å²) < 4.78 is 11.2. The number of methoxy groups -OCH3 is 1. The van der Waals surface area contributed by atoms with Gasteiger partial charge in [0.1, 0.15) is 18.0 Å². The van der Waals surface area contributed by atoms with Gasteiger partial charge in [0.15, 0.2) is 0 Å². The van der Waals surface area contributed by atoms with Crippen molar-refractivity contribution < 1.29 is 19.7 Å². The second kappa shape index (κ2) is 10.0. The Morgan fingerprint density at radius 1 is 0.750 bits per heavy atom. The second-order valence-corrected chi connectivity index (χ2v) is 6.74. The molecule has 0 spiro atoms. The highest BCUT2D eigenvalue weighted by Crippen LogP contribution is 2.25. The van der Waals surface area contributed by atoms with Gasteiger partial charge < -0.3 is 19.7 Å². The van der Waals surface area contributed by atoms with E-state index in [-0.39, 0.29) is 6.61 Å². The van der Waals surface area contributed by atoms with Crippen molar-refractivity contribution in [2.24, 2.45) is 0 Å². The van der Waals surface area contributed by atoms with Crippen LogP contribution in [0, 0.1) is 0 Å². The Balaban J connectivity index is 1.74. The first-order valence-corrected chi connectivity index (χ1v) is 9.37. The smallest absolute Gasteiger partial charge is 0.118 e. The third kappa shape index (κ3) is 5.42. The van der Waals surface area contributed by atoms with Gasteiger partial charge in [0.05, 0.1) is 19.8 Å². The highest BCUT2D eigenvalue weighted by Gasteiger charge is 2.29. The Labute approximate surface area is 166 Å². The van der Waals surface area contributed by atoms with Crippen LogP contribution in [0.25, 0.3) is 0 Å². The summed E-state index contributed by atoms with van der Waals surface area (Å²) in [5.74, 6) is 0.772. The van der Waals surface area contributed by atoms with Crippen LogP contribution >= 0.6 is 0 Å². The fraction of sp³-hybridized carbons (Fsp3) is 0.250. The number of rotatable bonds is 9. The summed E-state index contributed by atoms with van der Waals surface area (Å²) in [6, 6.07) is 26.6. The van der Waals surface area contributed by atoms with Gasteiger partial charge in [-0.3, -0.25) is 0 Å². The van der Waals surface area contributed by atoms with Crippen LogP contribution in [0.3, 0.4) is 0 Å². The van der Waals surface area contributed by atoms with Crippen LogP contribution in [0.1, 0.15) is 22.8 Å². The van der Waals surface area contributed by atoms with Crippen molar-refractivity contribution in [2.45, 2.75) is 31.3 Å². The predicted molar refractivity (Wildman–Crippen MR) is 109 cm³/mol. The lowest BCUT2D eigenvalue weighted by molar-refractivity contribution is -0.108. The summed E-state index contributed by atoms with van der Waals surface area (Å²) in [4.78, 5) is 0. The van der Waals surface area contributed by atoms with E-state index in [1.165, 1.54) is 0 Å². The van der Waals surface area contributed by atoms with Gasteiger partial charge >= 0.3 is 0 Å². The van der Waals surface area contributed by atoms with Crippen molar-refractivity contribution in [2.75, 3.05) is 7.11 Å². The molecule has 146 valence electrons. The van der Waals surface area contributed by atoms with Gasteiger partial charge in [-0.05, 0) is 28.8 Å². The molecule has 0 aliphatic rings. The summed E-state index contributed by atoms with van der Waals surface area (Å²) in [5.41, 5.74) is 2.65. The van der Waals surface area contributed by atoms with Crippen LogP contribution in [0.15, 0.2) is 84.9 Å². The quantitative estimate of drug-likeness (QED) is 0.593. The average Bonchev–Trinajstić information content (AvgIpc) is 2.75. The Bertz CT molecular complexity index is 818. The summed E-state index contributed by atoms with van der Waals surface area (Å²) in [6.07, 6.45) is -2.14. The molecule has 3 atom stereocenters. The molecule has 0 fully saturated rings. The van der Waals surface area contributed by atoms with E-state index in [4.69, 9.17) is 9.47 Å². The first-order valence-electron chi connectivity index (χ1n) is 9.37. The van der Waals surface area contributed by atoms with Crippen LogP contribution < -0.4 is 4.74 Å². The number of benzene rings is 3. The van der Waals surface area contributed by atoms with E-state index in [2.05, 4.69) is 0 Å². The zero-order valence-corrected chi connectivity index (χ0v) is 15.9. The lowest BCUT2D eigenvalue weighted by Gasteiger charge is -2.28. The van der Waals surface area contributed by atoms with Crippen LogP contribution in [0.4, 0.5) is 0 Å². The van der Waals surface area contributed by atoms with Gasteiger partial charge in [0.2, 0.25) is 0 Å². The number of hydrogen-bond acceptors (Lipinski definition) is 4. The Morgan fingerprint density at radius 2 is 1.36 bits per heavy atom. The van der Waals surface area contributed by atoms with Crippen molar-refractivity contribution in [3.8, 4) is 5.75 Å². The molecule has 3 aromatic carbocycles. The molecule has 4 heteroatoms. The molecule has 0 aliphatic heterocycles. The van der Waals surface area contributed by atoms with Crippen LogP contribution in [0.2, 0.25) is 0 Å². The normalized spacial score (nSPS) is 14.2. The van der Waals surface area contributed by atoms with Crippen molar-refractivity contribution >= 4 is 0 Å². The second-order valence-electron chi connectivity index (χ2n) is 6.74. The molecule has 28 heavy (non-hydrogen) atoms. The topological polar surface area (TPSA) is 58.9 Å². The van der Waals surface area contributed by atoms with Crippen LogP contribution in [0.5, 0.6) is 5.75 Å². The third-order valence-electron chi connectivity index (χ3n) is 4.72. The fourth-order valence-electron chi connectivity index (χ4n) is 3.14. The molecule has 1 unspecified atom stereocenters. The molecule has 0 aliphatic carbocycles. The minimum Gasteiger partial charge on any atom is -0.497 e. The maximum atomic E-state index is 10.9. The van der Waals surface area contributed by atoms with Gasteiger partial charge in [-0.2, -0.15) is 0 Å². The van der Waals surface area contributed by atoms with E-state index in [0.717, 1.165) is 16.9 Å². The van der Waals surface area contributed by atoms with Crippen LogP contribution in [-0.4, -0.2) is 29.5 Å². The summed E-state index contributed by atoms with van der Waals surface area (Å²) in [7, 11) is 1.62. The largest absolute Gasteiger partial charge is 0.497 e.